The van der Waals surface area contributed by atoms with Crippen LogP contribution in [0.4, 0.5) is 0 Å². The fourth-order valence-electron chi connectivity index (χ4n) is 3.26. The van der Waals surface area contributed by atoms with Gasteiger partial charge < -0.3 is 0 Å². The van der Waals surface area contributed by atoms with Gasteiger partial charge in [0.25, 0.3) is 0 Å². The fourth-order valence-corrected chi connectivity index (χ4v) is 3.26. The van der Waals surface area contributed by atoms with E-state index in [1.807, 2.05) is 0 Å². The predicted molar refractivity (Wildman–Crippen MR) is 78.2 cm³/mol. The third kappa shape index (κ3) is 4.01. The molecule has 0 spiro atoms. The van der Waals surface area contributed by atoms with E-state index in [-0.39, 0.29) is 0 Å². The molecule has 0 radical (unpaired) electrons. The molecule has 1 aliphatic carbocycles. The number of rotatable bonds is 5. The molecule has 0 aromatic rings. The molecule has 0 amide bonds. The standard InChI is InChI=1S/C17H30/c1-6-9-15(7-2)11-12-16-14(3)10-8-13-17(16,4)5/h9-10,16H,6-8,11-13H2,1-5H3/b15-9+. The van der Waals surface area contributed by atoms with Crippen molar-refractivity contribution in [3.63, 3.8) is 0 Å². The van der Waals surface area contributed by atoms with Crippen LogP contribution in [0.3, 0.4) is 0 Å². The summed E-state index contributed by atoms with van der Waals surface area (Å²) in [5.74, 6) is 0.794. The molecule has 0 N–H and O–H groups in total. The monoisotopic (exact) mass is 234 g/mol. The lowest BCUT2D eigenvalue weighted by Crippen LogP contribution is -2.27. The topological polar surface area (TPSA) is 0 Å². The minimum Gasteiger partial charge on any atom is -0.0856 e. The van der Waals surface area contributed by atoms with E-state index in [1.54, 1.807) is 11.1 Å². The maximum atomic E-state index is 2.46. The molecule has 1 rings (SSSR count). The molecule has 98 valence electrons. The van der Waals surface area contributed by atoms with Crippen LogP contribution in [0.2, 0.25) is 0 Å². The number of allylic oxidation sites excluding steroid dienone is 4. The van der Waals surface area contributed by atoms with E-state index in [0.29, 0.717) is 5.41 Å². The molecule has 17 heavy (non-hydrogen) atoms. The molecule has 1 unspecified atom stereocenters. The van der Waals surface area contributed by atoms with Gasteiger partial charge in [0.15, 0.2) is 0 Å². The average molecular weight is 234 g/mol. The third-order valence-electron chi connectivity index (χ3n) is 4.45. The van der Waals surface area contributed by atoms with Crippen LogP contribution >= 0.6 is 0 Å². The van der Waals surface area contributed by atoms with Gasteiger partial charge in [0.05, 0.1) is 0 Å². The molecular weight excluding hydrogens is 204 g/mol. The zero-order valence-corrected chi connectivity index (χ0v) is 12.5. The van der Waals surface area contributed by atoms with Crippen molar-refractivity contribution in [1.82, 2.24) is 0 Å². The molecule has 0 heteroatoms. The lowest BCUT2D eigenvalue weighted by atomic mass is 9.66. The Morgan fingerprint density at radius 2 is 2.12 bits per heavy atom. The second kappa shape index (κ2) is 6.42. The van der Waals surface area contributed by atoms with E-state index in [4.69, 9.17) is 0 Å². The molecular formula is C17H30. The van der Waals surface area contributed by atoms with E-state index in [0.717, 1.165) is 5.92 Å². The fraction of sp³-hybridized carbons (Fsp3) is 0.765. The molecule has 0 saturated carbocycles. The van der Waals surface area contributed by atoms with Gasteiger partial charge in [0.2, 0.25) is 0 Å². The highest BCUT2D eigenvalue weighted by Gasteiger charge is 2.32. The Bertz CT molecular complexity index is 291. The SMILES string of the molecule is CC/C=C(\CC)CCC1C(C)=CCCC1(C)C. The van der Waals surface area contributed by atoms with Gasteiger partial charge in [0, 0.05) is 0 Å². The molecule has 0 saturated heterocycles. The first-order valence-corrected chi connectivity index (χ1v) is 7.35. The van der Waals surface area contributed by atoms with Gasteiger partial charge in [-0.1, -0.05) is 51.0 Å². The van der Waals surface area contributed by atoms with E-state index < -0.39 is 0 Å². The lowest BCUT2D eigenvalue weighted by Gasteiger charge is -2.38. The molecule has 1 atom stereocenters. The highest BCUT2D eigenvalue weighted by Crippen LogP contribution is 2.43. The van der Waals surface area contributed by atoms with Gasteiger partial charge >= 0.3 is 0 Å². The summed E-state index contributed by atoms with van der Waals surface area (Å²) in [6, 6.07) is 0. The maximum Gasteiger partial charge on any atom is -0.0151 e. The Morgan fingerprint density at radius 3 is 2.65 bits per heavy atom. The van der Waals surface area contributed by atoms with Crippen LogP contribution in [0.5, 0.6) is 0 Å². The molecule has 0 bridgehead atoms. The Morgan fingerprint density at radius 1 is 1.41 bits per heavy atom. The molecule has 1 aliphatic rings. The summed E-state index contributed by atoms with van der Waals surface area (Å²) in [4.78, 5) is 0. The highest BCUT2D eigenvalue weighted by molar-refractivity contribution is 5.13. The largest absolute Gasteiger partial charge is 0.0856 e. The van der Waals surface area contributed by atoms with Crippen LogP contribution in [0.15, 0.2) is 23.3 Å². The molecule has 0 fully saturated rings. The Labute approximate surface area is 108 Å². The zero-order chi connectivity index (χ0) is 12.9. The summed E-state index contributed by atoms with van der Waals surface area (Å²) < 4.78 is 0. The van der Waals surface area contributed by atoms with Crippen LogP contribution in [0, 0.1) is 11.3 Å². The van der Waals surface area contributed by atoms with Gasteiger partial charge in [-0.2, -0.15) is 0 Å². The lowest BCUT2D eigenvalue weighted by molar-refractivity contribution is 0.204. The summed E-state index contributed by atoms with van der Waals surface area (Å²) in [5.41, 5.74) is 3.79. The van der Waals surface area contributed by atoms with E-state index in [2.05, 4.69) is 46.8 Å². The van der Waals surface area contributed by atoms with Crippen molar-refractivity contribution in [3.05, 3.63) is 23.3 Å². The van der Waals surface area contributed by atoms with Gasteiger partial charge in [-0.25, -0.2) is 0 Å². The van der Waals surface area contributed by atoms with Gasteiger partial charge in [0.1, 0.15) is 0 Å². The second-order valence-corrected chi connectivity index (χ2v) is 6.19. The van der Waals surface area contributed by atoms with Crippen LogP contribution in [0.1, 0.15) is 73.1 Å². The van der Waals surface area contributed by atoms with Crippen LogP contribution in [-0.4, -0.2) is 0 Å². The third-order valence-corrected chi connectivity index (χ3v) is 4.45. The first-order valence-electron chi connectivity index (χ1n) is 7.35. The van der Waals surface area contributed by atoms with E-state index in [9.17, 15) is 0 Å². The van der Waals surface area contributed by atoms with Crippen molar-refractivity contribution in [1.29, 1.82) is 0 Å². The molecule has 0 aromatic heterocycles. The minimum atomic E-state index is 0.504. The predicted octanol–water partition coefficient (Wildman–Crippen LogP) is 5.90. The summed E-state index contributed by atoms with van der Waals surface area (Å²) >= 11 is 0. The summed E-state index contributed by atoms with van der Waals surface area (Å²) in [6.07, 6.45) is 12.6. The Kier molecular flexibility index (Phi) is 5.49. The normalized spacial score (nSPS) is 24.6. The van der Waals surface area contributed by atoms with Crippen molar-refractivity contribution in [2.24, 2.45) is 11.3 Å². The smallest absolute Gasteiger partial charge is 0.0151 e. The van der Waals surface area contributed by atoms with Crippen LogP contribution < -0.4 is 0 Å². The average Bonchev–Trinajstić information content (AvgIpc) is 2.26. The molecule has 0 heterocycles. The summed E-state index contributed by atoms with van der Waals surface area (Å²) in [7, 11) is 0. The van der Waals surface area contributed by atoms with Crippen molar-refractivity contribution in [2.45, 2.75) is 73.1 Å². The second-order valence-electron chi connectivity index (χ2n) is 6.19. The zero-order valence-electron chi connectivity index (χ0n) is 12.5. The Balaban J connectivity index is 2.63. The number of hydrogen-bond acceptors (Lipinski definition) is 0. The van der Waals surface area contributed by atoms with Crippen LogP contribution in [-0.2, 0) is 0 Å². The van der Waals surface area contributed by atoms with Gasteiger partial charge in [-0.3, -0.25) is 0 Å². The van der Waals surface area contributed by atoms with E-state index in [1.165, 1.54) is 38.5 Å². The first-order chi connectivity index (χ1) is 8.01. The van der Waals surface area contributed by atoms with Gasteiger partial charge in [-0.15, -0.1) is 0 Å². The first kappa shape index (κ1) is 14.5. The highest BCUT2D eigenvalue weighted by atomic mass is 14.4. The van der Waals surface area contributed by atoms with Crippen molar-refractivity contribution < 1.29 is 0 Å². The van der Waals surface area contributed by atoms with Crippen molar-refractivity contribution in [3.8, 4) is 0 Å². The quantitative estimate of drug-likeness (QED) is 0.520. The van der Waals surface area contributed by atoms with Crippen molar-refractivity contribution >= 4 is 0 Å². The summed E-state index contributed by atoms with van der Waals surface area (Å²) in [6.45, 7) is 11.8. The summed E-state index contributed by atoms with van der Waals surface area (Å²) in [5, 5.41) is 0. The Hall–Kier alpha value is -0.520. The van der Waals surface area contributed by atoms with Crippen molar-refractivity contribution in [2.75, 3.05) is 0 Å². The van der Waals surface area contributed by atoms with Gasteiger partial charge in [-0.05, 0) is 56.8 Å². The van der Waals surface area contributed by atoms with E-state index >= 15 is 0 Å². The number of hydrogen-bond donors (Lipinski definition) is 0. The molecule has 0 nitrogen and oxygen atoms in total. The van der Waals surface area contributed by atoms with Crippen LogP contribution in [0.25, 0.3) is 0 Å². The minimum absolute atomic E-state index is 0.504. The molecule has 0 aromatic carbocycles. The molecule has 0 aliphatic heterocycles. The maximum absolute atomic E-state index is 2.46.